The molecule has 0 aliphatic rings. The van der Waals surface area contributed by atoms with Crippen molar-refractivity contribution in [2.45, 2.75) is 26.7 Å². The Kier molecular flexibility index (Phi) is 4.18. The Hall–Kier alpha value is -2.96. The van der Waals surface area contributed by atoms with Crippen molar-refractivity contribution in [3.63, 3.8) is 0 Å². The number of amides is 1. The molecular formula is C16H17N5O2. The van der Waals surface area contributed by atoms with Crippen LogP contribution in [0.3, 0.4) is 0 Å². The number of rotatable bonds is 5. The highest BCUT2D eigenvalue weighted by molar-refractivity contribution is 5.90. The third-order valence-corrected chi connectivity index (χ3v) is 3.58. The highest BCUT2D eigenvalue weighted by atomic mass is 16.5. The van der Waals surface area contributed by atoms with Gasteiger partial charge in [0.2, 0.25) is 5.91 Å². The molecule has 0 aliphatic heterocycles. The van der Waals surface area contributed by atoms with E-state index in [0.717, 1.165) is 22.8 Å². The number of aryl methyl sites for hydroxylation is 2. The molecule has 3 heterocycles. The maximum atomic E-state index is 12.0. The number of pyridine rings is 1. The van der Waals surface area contributed by atoms with Crippen LogP contribution in [0, 0.1) is 13.8 Å². The summed E-state index contributed by atoms with van der Waals surface area (Å²) in [4.78, 5) is 20.3. The van der Waals surface area contributed by atoms with Gasteiger partial charge in [0.1, 0.15) is 17.9 Å². The molecule has 0 aliphatic carbocycles. The number of carbonyl (C=O) groups is 1. The molecular weight excluding hydrogens is 294 g/mol. The number of imidazole rings is 1. The van der Waals surface area contributed by atoms with Crippen molar-refractivity contribution in [3.8, 4) is 5.82 Å². The smallest absolute Gasteiger partial charge is 0.224 e. The van der Waals surface area contributed by atoms with E-state index in [9.17, 15) is 4.79 Å². The molecule has 3 rings (SSSR count). The van der Waals surface area contributed by atoms with Gasteiger partial charge in [-0.15, -0.1) is 0 Å². The fourth-order valence-electron chi connectivity index (χ4n) is 2.33. The molecule has 0 spiro atoms. The van der Waals surface area contributed by atoms with Crippen LogP contribution in [0.25, 0.3) is 5.82 Å². The first-order valence-electron chi connectivity index (χ1n) is 7.29. The van der Waals surface area contributed by atoms with Gasteiger partial charge in [0.25, 0.3) is 0 Å². The van der Waals surface area contributed by atoms with Gasteiger partial charge in [-0.05, 0) is 32.4 Å². The fourth-order valence-corrected chi connectivity index (χ4v) is 2.33. The molecule has 0 saturated heterocycles. The SMILES string of the molecule is Cc1noc(C)c1CCC(=O)Nc1ccc(-n2ccnc2)nc1. The van der Waals surface area contributed by atoms with E-state index in [1.54, 1.807) is 23.3 Å². The quantitative estimate of drug-likeness (QED) is 0.782. The summed E-state index contributed by atoms with van der Waals surface area (Å²) in [5.74, 6) is 1.44. The Morgan fingerprint density at radius 1 is 1.35 bits per heavy atom. The third kappa shape index (κ3) is 3.45. The molecule has 0 unspecified atom stereocenters. The van der Waals surface area contributed by atoms with Crippen LogP contribution in [0.2, 0.25) is 0 Å². The molecule has 0 radical (unpaired) electrons. The molecule has 0 fully saturated rings. The van der Waals surface area contributed by atoms with E-state index >= 15 is 0 Å². The molecule has 7 nitrogen and oxygen atoms in total. The van der Waals surface area contributed by atoms with Crippen molar-refractivity contribution >= 4 is 11.6 Å². The van der Waals surface area contributed by atoms with E-state index < -0.39 is 0 Å². The average Bonchev–Trinajstić information content (AvgIpc) is 3.17. The Morgan fingerprint density at radius 3 is 2.83 bits per heavy atom. The molecule has 3 aromatic rings. The monoisotopic (exact) mass is 311 g/mol. The highest BCUT2D eigenvalue weighted by Gasteiger charge is 2.11. The van der Waals surface area contributed by atoms with Crippen LogP contribution < -0.4 is 5.32 Å². The maximum absolute atomic E-state index is 12.0. The minimum atomic E-state index is -0.0674. The van der Waals surface area contributed by atoms with E-state index in [2.05, 4.69) is 20.4 Å². The molecule has 23 heavy (non-hydrogen) atoms. The molecule has 0 saturated carbocycles. The summed E-state index contributed by atoms with van der Waals surface area (Å²) < 4.78 is 6.89. The Bertz CT molecular complexity index is 771. The Labute approximate surface area is 133 Å². The third-order valence-electron chi connectivity index (χ3n) is 3.58. The minimum Gasteiger partial charge on any atom is -0.361 e. The summed E-state index contributed by atoms with van der Waals surface area (Å²) in [6.45, 7) is 3.73. The second kappa shape index (κ2) is 6.43. The van der Waals surface area contributed by atoms with Crippen LogP contribution in [0.5, 0.6) is 0 Å². The van der Waals surface area contributed by atoms with E-state index in [1.807, 2.05) is 32.2 Å². The zero-order valence-corrected chi connectivity index (χ0v) is 13.0. The Balaban J connectivity index is 1.58. The highest BCUT2D eigenvalue weighted by Crippen LogP contribution is 2.15. The van der Waals surface area contributed by atoms with Crippen molar-refractivity contribution < 1.29 is 9.32 Å². The van der Waals surface area contributed by atoms with E-state index in [-0.39, 0.29) is 5.91 Å². The first-order valence-corrected chi connectivity index (χ1v) is 7.29. The summed E-state index contributed by atoms with van der Waals surface area (Å²) in [6.07, 6.45) is 7.77. The second-order valence-corrected chi connectivity index (χ2v) is 5.23. The maximum Gasteiger partial charge on any atom is 0.224 e. The number of anilines is 1. The fraction of sp³-hybridized carbons (Fsp3) is 0.250. The summed E-state index contributed by atoms with van der Waals surface area (Å²) in [5.41, 5.74) is 2.49. The van der Waals surface area contributed by atoms with Crippen LogP contribution in [-0.2, 0) is 11.2 Å². The van der Waals surface area contributed by atoms with Gasteiger partial charge in [-0.2, -0.15) is 0 Å². The first kappa shape index (κ1) is 15.0. The van der Waals surface area contributed by atoms with Crippen molar-refractivity contribution in [1.29, 1.82) is 0 Å². The van der Waals surface area contributed by atoms with E-state index in [1.165, 1.54) is 0 Å². The van der Waals surface area contributed by atoms with Gasteiger partial charge >= 0.3 is 0 Å². The Morgan fingerprint density at radius 2 is 2.22 bits per heavy atom. The minimum absolute atomic E-state index is 0.0674. The van der Waals surface area contributed by atoms with Gasteiger partial charge in [0.05, 0.1) is 17.6 Å². The summed E-state index contributed by atoms with van der Waals surface area (Å²) in [6, 6.07) is 3.64. The molecule has 0 bridgehead atoms. The van der Waals surface area contributed by atoms with Gasteiger partial charge in [-0.25, -0.2) is 9.97 Å². The summed E-state index contributed by atoms with van der Waals surface area (Å²) in [7, 11) is 0. The molecule has 0 aromatic carbocycles. The lowest BCUT2D eigenvalue weighted by Crippen LogP contribution is -2.13. The number of hydrogen-bond acceptors (Lipinski definition) is 5. The lowest BCUT2D eigenvalue weighted by atomic mass is 10.1. The number of carbonyl (C=O) groups excluding carboxylic acids is 1. The van der Waals surface area contributed by atoms with Crippen molar-refractivity contribution in [3.05, 3.63) is 54.1 Å². The van der Waals surface area contributed by atoms with Crippen molar-refractivity contribution in [1.82, 2.24) is 19.7 Å². The second-order valence-electron chi connectivity index (χ2n) is 5.23. The van der Waals surface area contributed by atoms with Crippen LogP contribution >= 0.6 is 0 Å². The predicted octanol–water partition coefficient (Wildman–Crippen LogP) is 2.44. The largest absolute Gasteiger partial charge is 0.361 e. The van der Waals surface area contributed by atoms with E-state index in [4.69, 9.17) is 4.52 Å². The molecule has 1 N–H and O–H groups in total. The number of nitrogens with zero attached hydrogens (tertiary/aromatic N) is 4. The zero-order chi connectivity index (χ0) is 16.2. The van der Waals surface area contributed by atoms with Crippen LogP contribution in [0.1, 0.15) is 23.4 Å². The number of hydrogen-bond donors (Lipinski definition) is 1. The van der Waals surface area contributed by atoms with Gasteiger partial charge in [-0.3, -0.25) is 9.36 Å². The first-order chi connectivity index (χ1) is 11.1. The number of aromatic nitrogens is 4. The molecule has 3 aromatic heterocycles. The standard InChI is InChI=1S/C16H17N5O2/c1-11-14(12(2)23-20-11)4-6-16(22)19-13-3-5-15(18-9-13)21-8-7-17-10-21/h3,5,7-10H,4,6H2,1-2H3,(H,19,22). The molecule has 118 valence electrons. The lowest BCUT2D eigenvalue weighted by molar-refractivity contribution is -0.116. The number of nitrogens with one attached hydrogen (secondary N) is 1. The van der Waals surface area contributed by atoms with Crippen LogP contribution in [0.4, 0.5) is 5.69 Å². The van der Waals surface area contributed by atoms with Crippen molar-refractivity contribution in [2.75, 3.05) is 5.32 Å². The molecule has 0 atom stereocenters. The van der Waals surface area contributed by atoms with Gasteiger partial charge in [0, 0.05) is 24.4 Å². The van der Waals surface area contributed by atoms with Crippen LogP contribution in [0.15, 0.2) is 41.6 Å². The van der Waals surface area contributed by atoms with Gasteiger partial charge in [-0.1, -0.05) is 5.16 Å². The average molecular weight is 311 g/mol. The normalized spacial score (nSPS) is 10.7. The van der Waals surface area contributed by atoms with Crippen molar-refractivity contribution in [2.24, 2.45) is 0 Å². The summed E-state index contributed by atoms with van der Waals surface area (Å²) in [5, 5.41) is 6.73. The topological polar surface area (TPSA) is 85.8 Å². The molecule has 1 amide bonds. The zero-order valence-electron chi connectivity index (χ0n) is 13.0. The molecule has 7 heteroatoms. The van der Waals surface area contributed by atoms with E-state index in [0.29, 0.717) is 18.5 Å². The van der Waals surface area contributed by atoms with Gasteiger partial charge in [0.15, 0.2) is 0 Å². The summed E-state index contributed by atoms with van der Waals surface area (Å²) >= 11 is 0. The lowest BCUT2D eigenvalue weighted by Gasteiger charge is -2.06. The van der Waals surface area contributed by atoms with Gasteiger partial charge < -0.3 is 9.84 Å². The van der Waals surface area contributed by atoms with Crippen LogP contribution in [-0.4, -0.2) is 25.6 Å². The predicted molar refractivity (Wildman–Crippen MR) is 84.3 cm³/mol.